The molecular weight excluding hydrogens is 226 g/mol. The van der Waals surface area contributed by atoms with E-state index in [2.05, 4.69) is 48.3 Å². The normalized spacial score (nSPS) is 29.2. The van der Waals surface area contributed by atoms with Gasteiger partial charge in [0.25, 0.3) is 0 Å². The molecule has 0 radical (unpaired) electrons. The Morgan fingerprint density at radius 2 is 1.88 bits per heavy atom. The van der Waals surface area contributed by atoms with E-state index in [1.165, 1.54) is 31.4 Å². The molecule has 1 aliphatic heterocycles. The molecule has 1 heterocycles. The Bertz CT molecular complexity index is 365. The summed E-state index contributed by atoms with van der Waals surface area (Å²) in [5, 5.41) is 4.68. The average Bonchev–Trinajstić information content (AvgIpc) is 2.74. The Morgan fingerprint density at radius 3 is 2.53 bits per heavy atom. The van der Waals surface area contributed by atoms with Gasteiger partial charge in [-0.3, -0.25) is 0 Å². The molecule has 17 heavy (non-hydrogen) atoms. The van der Waals surface area contributed by atoms with E-state index in [-0.39, 0.29) is 0 Å². The van der Waals surface area contributed by atoms with Crippen LogP contribution in [0.15, 0.2) is 24.3 Å². The molecule has 0 aromatic heterocycles. The fourth-order valence-corrected chi connectivity index (χ4v) is 4.27. The maximum Gasteiger partial charge on any atom is 0.0187 e. The summed E-state index contributed by atoms with van der Waals surface area (Å²) in [4.78, 5) is 0. The maximum atomic E-state index is 3.89. The van der Waals surface area contributed by atoms with Crippen LogP contribution in [0.25, 0.3) is 0 Å². The van der Waals surface area contributed by atoms with Crippen molar-refractivity contribution in [2.75, 3.05) is 5.75 Å². The Kier molecular flexibility index (Phi) is 3.44. The lowest BCUT2D eigenvalue weighted by molar-refractivity contribution is 0.402. The topological polar surface area (TPSA) is 12.0 Å². The number of benzene rings is 1. The SMILES string of the molecule is CC1SCCCC1NC1Cc2ccccc2C1. The minimum Gasteiger partial charge on any atom is -0.309 e. The lowest BCUT2D eigenvalue weighted by atomic mass is 10.1. The van der Waals surface area contributed by atoms with Crippen molar-refractivity contribution in [2.45, 2.75) is 49.9 Å². The third-order valence-corrected chi connectivity index (χ3v) is 5.49. The first kappa shape index (κ1) is 11.6. The van der Waals surface area contributed by atoms with Crippen LogP contribution in [-0.2, 0) is 12.8 Å². The van der Waals surface area contributed by atoms with Gasteiger partial charge in [0.2, 0.25) is 0 Å². The van der Waals surface area contributed by atoms with Crippen LogP contribution in [0.5, 0.6) is 0 Å². The molecule has 1 aromatic rings. The largest absolute Gasteiger partial charge is 0.309 e. The van der Waals surface area contributed by atoms with E-state index in [4.69, 9.17) is 0 Å². The standard InChI is InChI=1S/C15H21NS/c1-11-15(7-4-8-17-11)16-14-9-12-5-2-3-6-13(12)10-14/h2-3,5-6,11,14-16H,4,7-10H2,1H3. The molecule has 3 rings (SSSR count). The summed E-state index contributed by atoms with van der Waals surface area (Å²) in [5.41, 5.74) is 3.11. The fourth-order valence-electron chi connectivity index (χ4n) is 3.12. The molecule has 1 nitrogen and oxygen atoms in total. The van der Waals surface area contributed by atoms with Gasteiger partial charge in [0, 0.05) is 17.3 Å². The summed E-state index contributed by atoms with van der Waals surface area (Å²) in [6.45, 7) is 2.38. The average molecular weight is 247 g/mol. The molecule has 0 bridgehead atoms. The van der Waals surface area contributed by atoms with Crippen molar-refractivity contribution < 1.29 is 0 Å². The highest BCUT2D eigenvalue weighted by molar-refractivity contribution is 7.99. The van der Waals surface area contributed by atoms with E-state index in [0.717, 1.165) is 11.3 Å². The van der Waals surface area contributed by atoms with E-state index in [0.29, 0.717) is 6.04 Å². The zero-order valence-corrected chi connectivity index (χ0v) is 11.3. The van der Waals surface area contributed by atoms with Gasteiger partial charge >= 0.3 is 0 Å². The number of thioether (sulfide) groups is 1. The minimum atomic E-state index is 0.679. The molecule has 1 aliphatic carbocycles. The van der Waals surface area contributed by atoms with Crippen LogP contribution in [0.2, 0.25) is 0 Å². The van der Waals surface area contributed by atoms with E-state index in [1.807, 2.05) is 0 Å². The molecule has 1 N–H and O–H groups in total. The first-order valence-corrected chi connectivity index (χ1v) is 7.82. The Labute approximate surface area is 108 Å². The van der Waals surface area contributed by atoms with Gasteiger partial charge in [0.15, 0.2) is 0 Å². The predicted octanol–water partition coefficient (Wildman–Crippen LogP) is 3.03. The van der Waals surface area contributed by atoms with Crippen LogP contribution in [0.3, 0.4) is 0 Å². The summed E-state index contributed by atoms with van der Waals surface area (Å²) in [5.74, 6) is 1.35. The van der Waals surface area contributed by atoms with Crippen molar-refractivity contribution >= 4 is 11.8 Å². The molecule has 0 spiro atoms. The van der Waals surface area contributed by atoms with Crippen molar-refractivity contribution in [2.24, 2.45) is 0 Å². The highest BCUT2D eigenvalue weighted by Crippen LogP contribution is 2.28. The zero-order valence-electron chi connectivity index (χ0n) is 10.5. The van der Waals surface area contributed by atoms with Crippen LogP contribution in [-0.4, -0.2) is 23.1 Å². The van der Waals surface area contributed by atoms with Crippen molar-refractivity contribution in [3.63, 3.8) is 0 Å². The van der Waals surface area contributed by atoms with Gasteiger partial charge in [-0.1, -0.05) is 31.2 Å². The summed E-state index contributed by atoms with van der Waals surface area (Å²) in [7, 11) is 0. The minimum absolute atomic E-state index is 0.679. The van der Waals surface area contributed by atoms with Gasteiger partial charge in [0.1, 0.15) is 0 Å². The molecule has 92 valence electrons. The third-order valence-electron chi connectivity index (χ3n) is 4.11. The van der Waals surface area contributed by atoms with Crippen LogP contribution in [0.1, 0.15) is 30.9 Å². The lowest BCUT2D eigenvalue weighted by Crippen LogP contribution is -2.45. The predicted molar refractivity (Wildman–Crippen MR) is 75.7 cm³/mol. The lowest BCUT2D eigenvalue weighted by Gasteiger charge is -2.31. The molecule has 1 aromatic carbocycles. The molecular formula is C15H21NS. The highest BCUT2D eigenvalue weighted by atomic mass is 32.2. The first-order valence-electron chi connectivity index (χ1n) is 6.77. The number of hydrogen-bond acceptors (Lipinski definition) is 2. The third kappa shape index (κ3) is 2.53. The second kappa shape index (κ2) is 5.03. The van der Waals surface area contributed by atoms with E-state index in [1.54, 1.807) is 11.1 Å². The van der Waals surface area contributed by atoms with Crippen LogP contribution >= 0.6 is 11.8 Å². The van der Waals surface area contributed by atoms with Gasteiger partial charge < -0.3 is 5.32 Å². The Balaban J connectivity index is 1.61. The summed E-state index contributed by atoms with van der Waals surface area (Å²) in [6, 6.07) is 10.3. The van der Waals surface area contributed by atoms with Gasteiger partial charge in [-0.15, -0.1) is 0 Å². The zero-order chi connectivity index (χ0) is 11.7. The van der Waals surface area contributed by atoms with Crippen molar-refractivity contribution in [3.8, 4) is 0 Å². The van der Waals surface area contributed by atoms with Crippen LogP contribution < -0.4 is 5.32 Å². The quantitative estimate of drug-likeness (QED) is 0.862. The van der Waals surface area contributed by atoms with E-state index in [9.17, 15) is 0 Å². The highest BCUT2D eigenvalue weighted by Gasteiger charge is 2.27. The van der Waals surface area contributed by atoms with Gasteiger partial charge in [-0.2, -0.15) is 11.8 Å². The number of hydrogen-bond donors (Lipinski definition) is 1. The summed E-state index contributed by atoms with van der Waals surface area (Å²) in [6.07, 6.45) is 5.20. The monoisotopic (exact) mass is 247 g/mol. The van der Waals surface area contributed by atoms with E-state index < -0.39 is 0 Å². The molecule has 2 heteroatoms. The molecule has 1 fully saturated rings. The number of nitrogens with one attached hydrogen (secondary N) is 1. The second-order valence-corrected chi connectivity index (χ2v) is 6.85. The molecule has 0 saturated carbocycles. The summed E-state index contributed by atoms with van der Waals surface area (Å²) >= 11 is 2.13. The van der Waals surface area contributed by atoms with Crippen molar-refractivity contribution in [1.29, 1.82) is 0 Å². The second-order valence-electron chi connectivity index (χ2n) is 5.37. The van der Waals surface area contributed by atoms with Crippen LogP contribution in [0, 0.1) is 0 Å². The molecule has 2 aliphatic rings. The number of rotatable bonds is 2. The Morgan fingerprint density at radius 1 is 1.18 bits per heavy atom. The van der Waals surface area contributed by atoms with Crippen molar-refractivity contribution in [3.05, 3.63) is 35.4 Å². The van der Waals surface area contributed by atoms with E-state index >= 15 is 0 Å². The Hall–Kier alpha value is -0.470. The number of fused-ring (bicyclic) bond motifs is 1. The van der Waals surface area contributed by atoms with Gasteiger partial charge in [-0.25, -0.2) is 0 Å². The fraction of sp³-hybridized carbons (Fsp3) is 0.600. The van der Waals surface area contributed by atoms with Gasteiger partial charge in [-0.05, 0) is 42.6 Å². The maximum absolute atomic E-state index is 3.89. The smallest absolute Gasteiger partial charge is 0.0187 e. The molecule has 0 amide bonds. The van der Waals surface area contributed by atoms with Gasteiger partial charge in [0.05, 0.1) is 0 Å². The molecule has 2 atom stereocenters. The van der Waals surface area contributed by atoms with Crippen molar-refractivity contribution in [1.82, 2.24) is 5.32 Å². The first-order chi connectivity index (χ1) is 8.33. The summed E-state index contributed by atoms with van der Waals surface area (Å²) < 4.78 is 0. The molecule has 1 saturated heterocycles. The van der Waals surface area contributed by atoms with Crippen LogP contribution in [0.4, 0.5) is 0 Å². The molecule has 2 unspecified atom stereocenters.